The van der Waals surface area contributed by atoms with Gasteiger partial charge >= 0.3 is 0 Å². The summed E-state index contributed by atoms with van der Waals surface area (Å²) >= 11 is 0. The minimum atomic E-state index is -0.561. The molecule has 0 aliphatic carbocycles. The van der Waals surface area contributed by atoms with Gasteiger partial charge in [0.25, 0.3) is 5.91 Å². The first-order chi connectivity index (χ1) is 13.2. The third-order valence-electron chi connectivity index (χ3n) is 4.38. The van der Waals surface area contributed by atoms with Crippen LogP contribution in [-0.2, 0) is 0 Å². The second-order valence-electron chi connectivity index (χ2n) is 7.72. The maximum Gasteiger partial charge on any atom is 0.272 e. The fourth-order valence-corrected chi connectivity index (χ4v) is 2.92. The standard InChI is InChI=1S/C21H19N3O4/c1-21(2,3)18(26)17-9-12-6-13(10-22-20(12)28-17)23-19(27)16-8-11-7-14(25)4-5-15(11)24-16/h4-10,24-25H,1-3H3,(H,23,27). The van der Waals surface area contributed by atoms with Crippen LogP contribution in [-0.4, -0.2) is 26.8 Å². The maximum absolute atomic E-state index is 12.5. The number of H-pyrrole nitrogens is 1. The van der Waals surface area contributed by atoms with Crippen molar-refractivity contribution in [3.63, 3.8) is 0 Å². The number of hydrogen-bond acceptors (Lipinski definition) is 5. The number of carbonyl (C=O) groups excluding carboxylic acids is 2. The van der Waals surface area contributed by atoms with Crippen LogP contribution in [0.15, 0.2) is 47.0 Å². The van der Waals surface area contributed by atoms with Crippen LogP contribution >= 0.6 is 0 Å². The molecule has 3 aromatic heterocycles. The Morgan fingerprint density at radius 1 is 1.11 bits per heavy atom. The molecule has 0 saturated heterocycles. The molecule has 1 aromatic carbocycles. The third-order valence-corrected chi connectivity index (χ3v) is 4.38. The van der Waals surface area contributed by atoms with E-state index in [2.05, 4.69) is 15.3 Å². The molecule has 142 valence electrons. The first kappa shape index (κ1) is 17.8. The van der Waals surface area contributed by atoms with Gasteiger partial charge in [0.15, 0.2) is 5.76 Å². The molecule has 0 radical (unpaired) electrons. The summed E-state index contributed by atoms with van der Waals surface area (Å²) < 4.78 is 5.55. The number of nitrogens with one attached hydrogen (secondary N) is 2. The molecule has 0 fully saturated rings. The van der Waals surface area contributed by atoms with Gasteiger partial charge in [-0.1, -0.05) is 20.8 Å². The van der Waals surface area contributed by atoms with Gasteiger partial charge in [0.05, 0.1) is 11.9 Å². The number of Topliss-reactive ketones (excluding diaryl/α,β-unsaturated/α-hetero) is 1. The maximum atomic E-state index is 12.5. The molecule has 0 atom stereocenters. The number of phenols is 1. The molecule has 0 aliphatic rings. The largest absolute Gasteiger partial charge is 0.508 e. The molecule has 0 unspecified atom stereocenters. The Morgan fingerprint density at radius 3 is 2.64 bits per heavy atom. The van der Waals surface area contributed by atoms with Crippen molar-refractivity contribution in [3.8, 4) is 5.75 Å². The van der Waals surface area contributed by atoms with Crippen LogP contribution in [0.4, 0.5) is 5.69 Å². The summed E-state index contributed by atoms with van der Waals surface area (Å²) in [6, 6.07) is 9.83. The third kappa shape index (κ3) is 3.22. The summed E-state index contributed by atoms with van der Waals surface area (Å²) in [7, 11) is 0. The second kappa shape index (κ2) is 6.23. The molecule has 3 N–H and O–H groups in total. The van der Waals surface area contributed by atoms with Gasteiger partial charge in [-0.3, -0.25) is 9.59 Å². The lowest BCUT2D eigenvalue weighted by Crippen LogP contribution is -2.19. The summed E-state index contributed by atoms with van der Waals surface area (Å²) in [5.41, 5.74) is 1.36. The summed E-state index contributed by atoms with van der Waals surface area (Å²) in [6.45, 7) is 5.46. The van der Waals surface area contributed by atoms with E-state index in [0.29, 0.717) is 22.5 Å². The lowest BCUT2D eigenvalue weighted by Gasteiger charge is -2.13. The van der Waals surface area contributed by atoms with Crippen LogP contribution in [0.2, 0.25) is 0 Å². The van der Waals surface area contributed by atoms with E-state index in [1.54, 1.807) is 36.4 Å². The average molecular weight is 377 g/mol. The Kier molecular flexibility index (Phi) is 3.96. The van der Waals surface area contributed by atoms with Gasteiger partial charge in [0, 0.05) is 21.7 Å². The van der Waals surface area contributed by atoms with Crippen molar-refractivity contribution in [1.82, 2.24) is 9.97 Å². The predicted octanol–water partition coefficient (Wildman–Crippen LogP) is 4.50. The summed E-state index contributed by atoms with van der Waals surface area (Å²) in [5.74, 6) is -0.0775. The van der Waals surface area contributed by atoms with Gasteiger partial charge in [-0.2, -0.15) is 0 Å². The number of pyridine rings is 1. The number of fused-ring (bicyclic) bond motifs is 2. The zero-order valence-electron chi connectivity index (χ0n) is 15.7. The first-order valence-electron chi connectivity index (χ1n) is 8.78. The minimum Gasteiger partial charge on any atom is -0.508 e. The molecular formula is C21H19N3O4. The zero-order valence-corrected chi connectivity index (χ0v) is 15.7. The topological polar surface area (TPSA) is 108 Å². The highest BCUT2D eigenvalue weighted by atomic mass is 16.4. The normalized spacial score (nSPS) is 11.8. The molecule has 7 nitrogen and oxygen atoms in total. The molecule has 0 aliphatic heterocycles. The SMILES string of the molecule is CC(C)(C)C(=O)c1cc2cc(NC(=O)c3cc4cc(O)ccc4[nH]3)cnc2o1. The van der Waals surface area contributed by atoms with E-state index in [-0.39, 0.29) is 23.2 Å². The number of aromatic nitrogens is 2. The van der Waals surface area contributed by atoms with Crippen molar-refractivity contribution < 1.29 is 19.1 Å². The number of anilines is 1. The molecule has 4 aromatic rings. The van der Waals surface area contributed by atoms with E-state index in [1.807, 2.05) is 20.8 Å². The lowest BCUT2D eigenvalue weighted by molar-refractivity contribution is 0.0830. The highest BCUT2D eigenvalue weighted by Crippen LogP contribution is 2.27. The summed E-state index contributed by atoms with van der Waals surface area (Å²) in [6.07, 6.45) is 1.48. The van der Waals surface area contributed by atoms with Crippen molar-refractivity contribution in [3.05, 3.63) is 54.0 Å². The van der Waals surface area contributed by atoms with Crippen molar-refractivity contribution in [2.24, 2.45) is 5.41 Å². The van der Waals surface area contributed by atoms with E-state index in [4.69, 9.17) is 4.42 Å². The number of amides is 1. The number of carbonyl (C=O) groups is 2. The Hall–Kier alpha value is -3.61. The van der Waals surface area contributed by atoms with Crippen molar-refractivity contribution in [2.75, 3.05) is 5.32 Å². The van der Waals surface area contributed by atoms with Crippen LogP contribution in [0, 0.1) is 5.41 Å². The van der Waals surface area contributed by atoms with Gasteiger partial charge in [-0.15, -0.1) is 0 Å². The number of aromatic amines is 1. The van der Waals surface area contributed by atoms with E-state index in [0.717, 1.165) is 10.9 Å². The monoisotopic (exact) mass is 377 g/mol. The molecule has 3 heterocycles. The molecule has 7 heteroatoms. The zero-order chi connectivity index (χ0) is 20.1. The molecule has 0 saturated carbocycles. The van der Waals surface area contributed by atoms with Crippen molar-refractivity contribution in [2.45, 2.75) is 20.8 Å². The Labute approximate surface area is 160 Å². The quantitative estimate of drug-likeness (QED) is 0.456. The van der Waals surface area contributed by atoms with Crippen LogP contribution in [0.25, 0.3) is 22.0 Å². The number of benzene rings is 1. The van der Waals surface area contributed by atoms with Gasteiger partial charge in [-0.05, 0) is 36.4 Å². The second-order valence-corrected chi connectivity index (χ2v) is 7.72. The van der Waals surface area contributed by atoms with E-state index >= 15 is 0 Å². The number of furan rings is 1. The van der Waals surface area contributed by atoms with E-state index in [1.165, 1.54) is 6.20 Å². The number of hydrogen-bond donors (Lipinski definition) is 3. The molecular weight excluding hydrogens is 358 g/mol. The molecule has 4 rings (SSSR count). The van der Waals surface area contributed by atoms with Gasteiger partial charge in [0.1, 0.15) is 11.4 Å². The van der Waals surface area contributed by atoms with Crippen LogP contribution in [0.1, 0.15) is 41.8 Å². The highest BCUT2D eigenvalue weighted by Gasteiger charge is 2.26. The Morgan fingerprint density at radius 2 is 1.89 bits per heavy atom. The number of phenolic OH excluding ortho intramolecular Hbond substituents is 1. The van der Waals surface area contributed by atoms with Crippen LogP contribution in [0.3, 0.4) is 0 Å². The summed E-state index contributed by atoms with van der Waals surface area (Å²) in [5, 5.41) is 13.7. The van der Waals surface area contributed by atoms with Crippen LogP contribution in [0.5, 0.6) is 5.75 Å². The molecule has 1 amide bonds. The fraction of sp³-hybridized carbons (Fsp3) is 0.190. The van der Waals surface area contributed by atoms with Crippen LogP contribution < -0.4 is 5.32 Å². The molecule has 28 heavy (non-hydrogen) atoms. The van der Waals surface area contributed by atoms with E-state index in [9.17, 15) is 14.7 Å². The number of ketones is 1. The number of nitrogens with zero attached hydrogens (tertiary/aromatic N) is 1. The Bertz CT molecular complexity index is 1230. The van der Waals surface area contributed by atoms with Gasteiger partial charge in [-0.25, -0.2) is 4.98 Å². The molecule has 0 spiro atoms. The van der Waals surface area contributed by atoms with E-state index < -0.39 is 5.41 Å². The molecule has 0 bridgehead atoms. The van der Waals surface area contributed by atoms with Crippen molar-refractivity contribution in [1.29, 1.82) is 0 Å². The summed E-state index contributed by atoms with van der Waals surface area (Å²) in [4.78, 5) is 32.1. The van der Waals surface area contributed by atoms with Crippen molar-refractivity contribution >= 4 is 39.4 Å². The average Bonchev–Trinajstić information content (AvgIpc) is 3.23. The van der Waals surface area contributed by atoms with Gasteiger partial charge < -0.3 is 19.8 Å². The van der Waals surface area contributed by atoms with Gasteiger partial charge in [0.2, 0.25) is 11.5 Å². The Balaban J connectivity index is 1.60. The number of rotatable bonds is 3. The number of aromatic hydroxyl groups is 1. The minimum absolute atomic E-state index is 0.114. The highest BCUT2D eigenvalue weighted by molar-refractivity contribution is 6.07. The predicted molar refractivity (Wildman–Crippen MR) is 106 cm³/mol. The first-order valence-corrected chi connectivity index (χ1v) is 8.78. The smallest absolute Gasteiger partial charge is 0.272 e. The fourth-order valence-electron chi connectivity index (χ4n) is 2.92. The lowest BCUT2D eigenvalue weighted by atomic mass is 9.89.